The number of methoxy groups -OCH3 is 1. The maximum Gasteiger partial charge on any atom is 0.573 e. The van der Waals surface area contributed by atoms with E-state index in [1.54, 1.807) is 6.07 Å². The standard InChI is InChI=1S/C18H13ClF3N3O4/c1-27-17(26)14-7-6-13(8-15(14)19)28-9-16-23-10-25(24-16)11-2-4-12(5-3-11)29-18(20,21)22/h2-8,10H,9H2,1H3. The van der Waals surface area contributed by atoms with Gasteiger partial charge in [-0.1, -0.05) is 11.6 Å². The van der Waals surface area contributed by atoms with Gasteiger partial charge >= 0.3 is 12.3 Å². The fourth-order valence-electron chi connectivity index (χ4n) is 2.30. The molecule has 3 rings (SSSR count). The van der Waals surface area contributed by atoms with E-state index < -0.39 is 12.3 Å². The Bertz CT molecular complexity index is 1010. The van der Waals surface area contributed by atoms with Crippen molar-refractivity contribution in [3.63, 3.8) is 0 Å². The van der Waals surface area contributed by atoms with Crippen molar-refractivity contribution in [2.45, 2.75) is 13.0 Å². The van der Waals surface area contributed by atoms with Gasteiger partial charge in [0.05, 0.1) is 23.4 Å². The van der Waals surface area contributed by atoms with Crippen LogP contribution >= 0.6 is 11.6 Å². The summed E-state index contributed by atoms with van der Waals surface area (Å²) in [6, 6.07) is 9.65. The Morgan fingerprint density at radius 2 is 1.83 bits per heavy atom. The fourth-order valence-corrected chi connectivity index (χ4v) is 2.55. The molecule has 3 aromatic rings. The number of aromatic nitrogens is 3. The van der Waals surface area contributed by atoms with Gasteiger partial charge in [0.15, 0.2) is 5.82 Å². The maximum absolute atomic E-state index is 12.2. The van der Waals surface area contributed by atoms with Gasteiger partial charge in [0.25, 0.3) is 0 Å². The molecule has 0 saturated carbocycles. The molecular formula is C18H13ClF3N3O4. The van der Waals surface area contributed by atoms with Crippen LogP contribution in [-0.2, 0) is 11.3 Å². The summed E-state index contributed by atoms with van der Waals surface area (Å²) in [5.74, 6) is -0.174. The fraction of sp³-hybridized carbons (Fsp3) is 0.167. The second-order valence-electron chi connectivity index (χ2n) is 5.57. The van der Waals surface area contributed by atoms with E-state index in [1.807, 2.05) is 0 Å². The molecule has 0 bridgehead atoms. The van der Waals surface area contributed by atoms with Crippen LogP contribution in [0.5, 0.6) is 11.5 Å². The molecule has 1 heterocycles. The predicted octanol–water partition coefficient (Wildman–Crippen LogP) is 4.18. The molecule has 0 aliphatic heterocycles. The molecule has 0 amide bonds. The summed E-state index contributed by atoms with van der Waals surface area (Å²) in [4.78, 5) is 15.6. The number of ether oxygens (including phenoxy) is 3. The Morgan fingerprint density at radius 1 is 1.14 bits per heavy atom. The zero-order valence-corrected chi connectivity index (χ0v) is 15.6. The van der Waals surface area contributed by atoms with Crippen LogP contribution in [-0.4, -0.2) is 34.2 Å². The molecular weight excluding hydrogens is 415 g/mol. The minimum absolute atomic E-state index is 0.0101. The molecule has 0 spiro atoms. The molecule has 29 heavy (non-hydrogen) atoms. The first-order valence-corrected chi connectivity index (χ1v) is 8.40. The van der Waals surface area contributed by atoms with E-state index in [1.165, 1.54) is 54.5 Å². The van der Waals surface area contributed by atoms with E-state index in [2.05, 4.69) is 19.6 Å². The summed E-state index contributed by atoms with van der Waals surface area (Å²) < 4.78 is 52.0. The lowest BCUT2D eigenvalue weighted by molar-refractivity contribution is -0.274. The SMILES string of the molecule is COC(=O)c1ccc(OCc2ncn(-c3ccc(OC(F)(F)F)cc3)n2)cc1Cl. The van der Waals surface area contributed by atoms with Gasteiger partial charge < -0.3 is 14.2 Å². The second kappa shape index (κ2) is 8.39. The van der Waals surface area contributed by atoms with Crippen LogP contribution in [0.3, 0.4) is 0 Å². The van der Waals surface area contributed by atoms with Gasteiger partial charge in [0.1, 0.15) is 24.4 Å². The van der Waals surface area contributed by atoms with Crippen LogP contribution in [0.1, 0.15) is 16.2 Å². The third kappa shape index (κ3) is 5.38. The van der Waals surface area contributed by atoms with E-state index in [9.17, 15) is 18.0 Å². The van der Waals surface area contributed by atoms with E-state index in [0.29, 0.717) is 17.3 Å². The lowest BCUT2D eigenvalue weighted by Crippen LogP contribution is -2.17. The molecule has 0 radical (unpaired) electrons. The van der Waals surface area contributed by atoms with E-state index in [0.717, 1.165) is 0 Å². The molecule has 1 aromatic heterocycles. The summed E-state index contributed by atoms with van der Waals surface area (Å²) in [7, 11) is 1.25. The van der Waals surface area contributed by atoms with Crippen molar-refractivity contribution >= 4 is 17.6 Å². The first-order chi connectivity index (χ1) is 13.7. The first-order valence-electron chi connectivity index (χ1n) is 8.02. The number of halogens is 4. The molecule has 0 aliphatic rings. The first kappa shape index (κ1) is 20.5. The van der Waals surface area contributed by atoms with Crippen LogP contribution in [0.2, 0.25) is 5.02 Å². The Kier molecular flexibility index (Phi) is 5.92. The van der Waals surface area contributed by atoms with E-state index >= 15 is 0 Å². The molecule has 0 atom stereocenters. The summed E-state index contributed by atoms with van der Waals surface area (Å²) in [6.07, 6.45) is -3.36. The summed E-state index contributed by atoms with van der Waals surface area (Å²) in [6.45, 7) is 0.0101. The molecule has 0 fully saturated rings. The molecule has 2 aromatic carbocycles. The van der Waals surface area contributed by atoms with Gasteiger partial charge in [-0.2, -0.15) is 0 Å². The van der Waals surface area contributed by atoms with Crippen molar-refractivity contribution in [1.82, 2.24) is 14.8 Å². The van der Waals surface area contributed by atoms with Gasteiger partial charge in [-0.15, -0.1) is 18.3 Å². The zero-order valence-electron chi connectivity index (χ0n) is 14.8. The van der Waals surface area contributed by atoms with Crippen molar-refractivity contribution in [2.75, 3.05) is 7.11 Å². The van der Waals surface area contributed by atoms with Gasteiger partial charge in [0.2, 0.25) is 0 Å². The highest BCUT2D eigenvalue weighted by molar-refractivity contribution is 6.33. The maximum atomic E-state index is 12.2. The zero-order chi connectivity index (χ0) is 21.0. The second-order valence-corrected chi connectivity index (χ2v) is 5.98. The van der Waals surface area contributed by atoms with Crippen molar-refractivity contribution < 1.29 is 32.2 Å². The third-order valence-electron chi connectivity index (χ3n) is 3.59. The largest absolute Gasteiger partial charge is 0.573 e. The topological polar surface area (TPSA) is 75.5 Å². The van der Waals surface area contributed by atoms with Crippen LogP contribution < -0.4 is 9.47 Å². The Hall–Kier alpha value is -3.27. The highest BCUT2D eigenvalue weighted by atomic mass is 35.5. The number of alkyl halides is 3. The minimum atomic E-state index is -4.75. The lowest BCUT2D eigenvalue weighted by atomic mass is 10.2. The Balaban J connectivity index is 1.63. The van der Waals surface area contributed by atoms with Crippen LogP contribution in [0.15, 0.2) is 48.8 Å². The highest BCUT2D eigenvalue weighted by Crippen LogP contribution is 2.25. The van der Waals surface area contributed by atoms with Gasteiger partial charge in [0, 0.05) is 0 Å². The quantitative estimate of drug-likeness (QED) is 0.549. The van der Waals surface area contributed by atoms with Gasteiger partial charge in [-0.05, 0) is 42.5 Å². The molecule has 7 nitrogen and oxygen atoms in total. The lowest BCUT2D eigenvalue weighted by Gasteiger charge is -2.09. The molecule has 0 unspecified atom stereocenters. The Morgan fingerprint density at radius 3 is 2.45 bits per heavy atom. The van der Waals surface area contributed by atoms with E-state index in [-0.39, 0.29) is 22.9 Å². The van der Waals surface area contributed by atoms with Crippen LogP contribution in [0.25, 0.3) is 5.69 Å². The third-order valence-corrected chi connectivity index (χ3v) is 3.90. The normalized spacial score (nSPS) is 11.2. The van der Waals surface area contributed by atoms with Crippen molar-refractivity contribution in [3.8, 4) is 17.2 Å². The number of hydrogen-bond acceptors (Lipinski definition) is 6. The number of carbonyl (C=O) groups is 1. The molecule has 0 aliphatic carbocycles. The van der Waals surface area contributed by atoms with Crippen molar-refractivity contribution in [2.24, 2.45) is 0 Å². The number of benzene rings is 2. The summed E-state index contributed by atoms with van der Waals surface area (Å²) >= 11 is 6.02. The molecule has 11 heteroatoms. The highest BCUT2D eigenvalue weighted by Gasteiger charge is 2.31. The number of carbonyl (C=O) groups excluding carboxylic acids is 1. The van der Waals surface area contributed by atoms with E-state index in [4.69, 9.17) is 16.3 Å². The number of esters is 1. The van der Waals surface area contributed by atoms with Crippen molar-refractivity contribution in [3.05, 3.63) is 65.2 Å². The van der Waals surface area contributed by atoms with Crippen LogP contribution in [0, 0.1) is 0 Å². The van der Waals surface area contributed by atoms with Gasteiger partial charge in [-0.25, -0.2) is 14.5 Å². The average Bonchev–Trinajstić information content (AvgIpc) is 3.14. The van der Waals surface area contributed by atoms with Crippen LogP contribution in [0.4, 0.5) is 13.2 Å². The number of nitrogens with zero attached hydrogens (tertiary/aromatic N) is 3. The monoisotopic (exact) mass is 427 g/mol. The smallest absolute Gasteiger partial charge is 0.485 e. The molecule has 0 saturated heterocycles. The van der Waals surface area contributed by atoms with Gasteiger partial charge in [-0.3, -0.25) is 0 Å². The summed E-state index contributed by atoms with van der Waals surface area (Å²) in [5.41, 5.74) is 0.700. The Labute approximate surface area is 167 Å². The predicted molar refractivity (Wildman–Crippen MR) is 95.2 cm³/mol. The minimum Gasteiger partial charge on any atom is -0.485 e. The molecule has 0 N–H and O–H groups in total. The summed E-state index contributed by atoms with van der Waals surface area (Å²) in [5, 5.41) is 4.37. The van der Waals surface area contributed by atoms with Crippen molar-refractivity contribution in [1.29, 1.82) is 0 Å². The average molecular weight is 428 g/mol. The number of rotatable bonds is 6. The molecule has 152 valence electrons. The number of hydrogen-bond donors (Lipinski definition) is 0.